The van der Waals surface area contributed by atoms with E-state index in [-0.39, 0.29) is 5.91 Å². The number of nitrogens with one attached hydrogen (secondary N) is 1. The van der Waals surface area contributed by atoms with E-state index in [0.29, 0.717) is 11.0 Å². The monoisotopic (exact) mass is 345 g/mol. The van der Waals surface area contributed by atoms with Crippen LogP contribution in [-0.4, -0.2) is 12.5 Å². The molecule has 16 heavy (non-hydrogen) atoms. The van der Waals surface area contributed by atoms with Crippen molar-refractivity contribution in [2.75, 3.05) is 6.54 Å². The molecule has 2 rings (SSSR count). The number of amides is 1. The molecule has 1 fully saturated rings. The number of benzene rings is 1. The zero-order valence-corrected chi connectivity index (χ0v) is 12.2. The zero-order chi connectivity index (χ0) is 11.8. The quantitative estimate of drug-likeness (QED) is 0.887. The molecule has 1 aromatic rings. The van der Waals surface area contributed by atoms with Gasteiger partial charge in [0.25, 0.3) is 5.91 Å². The van der Waals surface area contributed by atoms with Crippen molar-refractivity contribution in [3.8, 4) is 0 Å². The third-order valence-corrected chi connectivity index (χ3v) is 3.82. The minimum atomic E-state index is -0.00451. The van der Waals surface area contributed by atoms with E-state index in [0.717, 1.165) is 15.5 Å². The van der Waals surface area contributed by atoms with Crippen molar-refractivity contribution >= 4 is 37.8 Å². The van der Waals surface area contributed by atoms with E-state index in [1.807, 2.05) is 18.2 Å². The first-order valence-corrected chi connectivity index (χ1v) is 6.81. The fourth-order valence-corrected chi connectivity index (χ4v) is 2.76. The zero-order valence-electron chi connectivity index (χ0n) is 9.02. The largest absolute Gasteiger partial charge is 0.351 e. The van der Waals surface area contributed by atoms with E-state index in [1.54, 1.807) is 0 Å². The Hall–Kier alpha value is -0.350. The van der Waals surface area contributed by atoms with Crippen molar-refractivity contribution in [3.05, 3.63) is 32.7 Å². The lowest BCUT2D eigenvalue weighted by Gasteiger charge is -2.10. The van der Waals surface area contributed by atoms with Crippen LogP contribution in [-0.2, 0) is 0 Å². The molecule has 0 atom stereocenters. The molecule has 1 aliphatic rings. The highest BCUT2D eigenvalue weighted by molar-refractivity contribution is 9.11. The van der Waals surface area contributed by atoms with Gasteiger partial charge in [-0.3, -0.25) is 4.79 Å². The first-order valence-electron chi connectivity index (χ1n) is 5.23. The van der Waals surface area contributed by atoms with Crippen molar-refractivity contribution < 1.29 is 4.79 Å². The molecule has 0 saturated heterocycles. The van der Waals surface area contributed by atoms with E-state index >= 15 is 0 Å². The van der Waals surface area contributed by atoms with Crippen LogP contribution >= 0.6 is 31.9 Å². The van der Waals surface area contributed by atoms with Crippen LogP contribution in [0.3, 0.4) is 0 Å². The topological polar surface area (TPSA) is 29.1 Å². The lowest BCUT2D eigenvalue weighted by atomic mass is 10.1. The maximum atomic E-state index is 11.9. The van der Waals surface area contributed by atoms with E-state index < -0.39 is 0 Å². The molecular formula is C12H13Br2NO. The number of rotatable bonds is 3. The molecular weight excluding hydrogens is 334 g/mol. The van der Waals surface area contributed by atoms with Gasteiger partial charge in [-0.1, -0.05) is 38.8 Å². The highest BCUT2D eigenvalue weighted by Gasteiger charge is 2.37. The SMILES string of the molecule is CC1(CNC(=O)c2cc(Br)cc(Br)c2)CC1. The van der Waals surface area contributed by atoms with Crippen molar-refractivity contribution in [2.24, 2.45) is 5.41 Å². The molecule has 2 nitrogen and oxygen atoms in total. The smallest absolute Gasteiger partial charge is 0.251 e. The minimum absolute atomic E-state index is 0.00451. The molecule has 4 heteroatoms. The Morgan fingerprint density at radius 2 is 1.88 bits per heavy atom. The van der Waals surface area contributed by atoms with E-state index in [4.69, 9.17) is 0 Å². The van der Waals surface area contributed by atoms with Crippen LogP contribution in [0, 0.1) is 5.41 Å². The van der Waals surface area contributed by atoms with Gasteiger partial charge in [-0.05, 0) is 36.5 Å². The second kappa shape index (κ2) is 4.49. The highest BCUT2D eigenvalue weighted by Crippen LogP contribution is 2.44. The summed E-state index contributed by atoms with van der Waals surface area (Å²) in [5.41, 5.74) is 1.03. The third-order valence-electron chi connectivity index (χ3n) is 2.90. The van der Waals surface area contributed by atoms with Gasteiger partial charge >= 0.3 is 0 Å². The summed E-state index contributed by atoms with van der Waals surface area (Å²) in [6.07, 6.45) is 2.44. The van der Waals surface area contributed by atoms with Gasteiger partial charge in [-0.2, -0.15) is 0 Å². The number of hydrogen-bond acceptors (Lipinski definition) is 1. The summed E-state index contributed by atoms with van der Waals surface area (Å²) >= 11 is 6.75. The summed E-state index contributed by atoms with van der Waals surface area (Å²) < 4.78 is 1.81. The molecule has 1 amide bonds. The Morgan fingerprint density at radius 1 is 1.31 bits per heavy atom. The summed E-state index contributed by atoms with van der Waals surface area (Å²) in [4.78, 5) is 11.9. The first-order chi connectivity index (χ1) is 7.48. The summed E-state index contributed by atoms with van der Waals surface area (Å²) in [7, 11) is 0. The molecule has 0 heterocycles. The van der Waals surface area contributed by atoms with Crippen LogP contribution in [0.25, 0.3) is 0 Å². The van der Waals surface area contributed by atoms with E-state index in [9.17, 15) is 4.79 Å². The average Bonchev–Trinajstić information content (AvgIpc) is 2.92. The maximum absolute atomic E-state index is 11.9. The van der Waals surface area contributed by atoms with Gasteiger partial charge in [-0.15, -0.1) is 0 Å². The van der Waals surface area contributed by atoms with Crippen LogP contribution < -0.4 is 5.32 Å². The number of carbonyl (C=O) groups is 1. The third kappa shape index (κ3) is 3.08. The Labute approximate surface area is 112 Å². The molecule has 1 saturated carbocycles. The molecule has 1 aromatic carbocycles. The van der Waals surface area contributed by atoms with Crippen LogP contribution in [0.5, 0.6) is 0 Å². The van der Waals surface area contributed by atoms with Gasteiger partial charge in [-0.25, -0.2) is 0 Å². The molecule has 0 aromatic heterocycles. The maximum Gasteiger partial charge on any atom is 0.251 e. The lowest BCUT2D eigenvalue weighted by molar-refractivity contribution is 0.0946. The lowest BCUT2D eigenvalue weighted by Crippen LogP contribution is -2.28. The van der Waals surface area contributed by atoms with Crippen LogP contribution in [0.4, 0.5) is 0 Å². The second-order valence-corrected chi connectivity index (χ2v) is 6.48. The van der Waals surface area contributed by atoms with Crippen LogP contribution in [0.15, 0.2) is 27.1 Å². The molecule has 0 aliphatic heterocycles. The Kier molecular flexibility index (Phi) is 3.40. The number of carbonyl (C=O) groups excluding carboxylic acids is 1. The normalized spacial score (nSPS) is 16.9. The molecule has 0 spiro atoms. The minimum Gasteiger partial charge on any atom is -0.351 e. The van der Waals surface area contributed by atoms with Crippen molar-refractivity contribution in [1.82, 2.24) is 5.32 Å². The van der Waals surface area contributed by atoms with Crippen molar-refractivity contribution in [3.63, 3.8) is 0 Å². The predicted molar refractivity (Wildman–Crippen MR) is 71.5 cm³/mol. The summed E-state index contributed by atoms with van der Waals surface area (Å²) in [5.74, 6) is -0.00451. The second-order valence-electron chi connectivity index (χ2n) is 4.65. The Morgan fingerprint density at radius 3 is 2.38 bits per heavy atom. The average molecular weight is 347 g/mol. The molecule has 1 aliphatic carbocycles. The summed E-state index contributed by atoms with van der Waals surface area (Å²) in [5, 5.41) is 2.98. The molecule has 1 N–H and O–H groups in total. The van der Waals surface area contributed by atoms with E-state index in [2.05, 4.69) is 44.1 Å². The molecule has 0 radical (unpaired) electrons. The predicted octanol–water partition coefficient (Wildman–Crippen LogP) is 3.74. The molecule has 0 unspecified atom stereocenters. The first kappa shape index (κ1) is 12.1. The van der Waals surface area contributed by atoms with Gasteiger partial charge in [0.15, 0.2) is 0 Å². The number of hydrogen-bond donors (Lipinski definition) is 1. The van der Waals surface area contributed by atoms with Gasteiger partial charge in [0.2, 0.25) is 0 Å². The van der Waals surface area contributed by atoms with Gasteiger partial charge < -0.3 is 5.32 Å². The van der Waals surface area contributed by atoms with E-state index in [1.165, 1.54) is 12.8 Å². The van der Waals surface area contributed by atoms with Crippen molar-refractivity contribution in [1.29, 1.82) is 0 Å². The van der Waals surface area contributed by atoms with Gasteiger partial charge in [0, 0.05) is 21.1 Å². The fraction of sp³-hybridized carbons (Fsp3) is 0.417. The summed E-state index contributed by atoms with van der Waals surface area (Å²) in [6.45, 7) is 2.97. The Bertz CT molecular complexity index is 407. The summed E-state index contributed by atoms with van der Waals surface area (Å²) in [6, 6.07) is 5.57. The Balaban J connectivity index is 2.02. The molecule has 86 valence electrons. The highest BCUT2D eigenvalue weighted by atomic mass is 79.9. The molecule has 0 bridgehead atoms. The standard InChI is InChI=1S/C12H13Br2NO/c1-12(2-3-12)7-15-11(16)8-4-9(13)6-10(14)5-8/h4-6H,2-3,7H2,1H3,(H,15,16). The van der Waals surface area contributed by atoms with Crippen molar-refractivity contribution in [2.45, 2.75) is 19.8 Å². The fourth-order valence-electron chi connectivity index (χ4n) is 1.47. The van der Waals surface area contributed by atoms with Gasteiger partial charge in [0.1, 0.15) is 0 Å². The van der Waals surface area contributed by atoms with Crippen LogP contribution in [0.1, 0.15) is 30.1 Å². The van der Waals surface area contributed by atoms with Crippen LogP contribution in [0.2, 0.25) is 0 Å². The van der Waals surface area contributed by atoms with Gasteiger partial charge in [0.05, 0.1) is 0 Å². The number of halogens is 2.